The molecule has 2 nitrogen and oxygen atoms in total. The Hall–Kier alpha value is -0.960. The second-order valence-electron chi connectivity index (χ2n) is 5.47. The number of nitrogens with one attached hydrogen (secondary N) is 1. The highest BCUT2D eigenvalue weighted by molar-refractivity contribution is 7.98. The van der Waals surface area contributed by atoms with Crippen molar-refractivity contribution < 1.29 is 4.79 Å². The Kier molecular flexibility index (Phi) is 5.73. The SMILES string of the molecule is CSCCCC(=O)Nc1ccc(C(C)(C)C)cc1. The smallest absolute Gasteiger partial charge is 0.224 e. The van der Waals surface area contributed by atoms with Crippen LogP contribution in [-0.4, -0.2) is 17.9 Å². The van der Waals surface area contributed by atoms with Gasteiger partial charge in [0.15, 0.2) is 0 Å². The Morgan fingerprint density at radius 1 is 1.22 bits per heavy atom. The molecule has 0 heterocycles. The zero-order valence-corrected chi connectivity index (χ0v) is 12.6. The van der Waals surface area contributed by atoms with E-state index < -0.39 is 0 Å². The molecule has 0 aliphatic heterocycles. The Bertz CT molecular complexity index is 378. The maximum atomic E-state index is 11.6. The molecule has 1 aromatic carbocycles. The van der Waals surface area contributed by atoms with Gasteiger partial charge < -0.3 is 5.32 Å². The zero-order valence-electron chi connectivity index (χ0n) is 11.7. The lowest BCUT2D eigenvalue weighted by Crippen LogP contribution is -2.13. The number of carbonyl (C=O) groups excluding carboxylic acids is 1. The first-order chi connectivity index (χ1) is 8.43. The number of hydrogen-bond acceptors (Lipinski definition) is 2. The predicted octanol–water partition coefficient (Wildman–Crippen LogP) is 4.07. The fraction of sp³-hybridized carbons (Fsp3) is 0.533. The number of amides is 1. The van der Waals surface area contributed by atoms with Crippen LogP contribution in [0, 0.1) is 0 Å². The summed E-state index contributed by atoms with van der Waals surface area (Å²) in [4.78, 5) is 11.6. The molecule has 0 saturated heterocycles. The van der Waals surface area contributed by atoms with E-state index >= 15 is 0 Å². The summed E-state index contributed by atoms with van der Waals surface area (Å²) in [6, 6.07) is 8.12. The summed E-state index contributed by atoms with van der Waals surface area (Å²) in [5.41, 5.74) is 2.32. The number of rotatable bonds is 5. The monoisotopic (exact) mass is 265 g/mol. The van der Waals surface area contributed by atoms with Crippen LogP contribution in [0.5, 0.6) is 0 Å². The maximum absolute atomic E-state index is 11.6. The van der Waals surface area contributed by atoms with Gasteiger partial charge in [0.05, 0.1) is 0 Å². The number of anilines is 1. The zero-order chi connectivity index (χ0) is 13.6. The molecule has 0 saturated carbocycles. The van der Waals surface area contributed by atoms with Crippen LogP contribution in [-0.2, 0) is 10.2 Å². The van der Waals surface area contributed by atoms with Crippen molar-refractivity contribution in [2.75, 3.05) is 17.3 Å². The normalized spacial score (nSPS) is 11.3. The number of carbonyl (C=O) groups is 1. The molecule has 1 rings (SSSR count). The van der Waals surface area contributed by atoms with Gasteiger partial charge in [-0.15, -0.1) is 0 Å². The second kappa shape index (κ2) is 6.83. The molecular weight excluding hydrogens is 242 g/mol. The quantitative estimate of drug-likeness (QED) is 0.813. The largest absolute Gasteiger partial charge is 0.326 e. The highest BCUT2D eigenvalue weighted by Gasteiger charge is 2.13. The third-order valence-electron chi connectivity index (χ3n) is 2.79. The van der Waals surface area contributed by atoms with E-state index in [4.69, 9.17) is 0 Å². The molecule has 0 spiro atoms. The van der Waals surface area contributed by atoms with Crippen molar-refractivity contribution in [1.82, 2.24) is 0 Å². The molecular formula is C15H23NOS. The summed E-state index contributed by atoms with van der Waals surface area (Å²) in [6.45, 7) is 6.55. The number of benzene rings is 1. The van der Waals surface area contributed by atoms with Crippen molar-refractivity contribution in [3.05, 3.63) is 29.8 Å². The molecule has 1 aromatic rings. The Morgan fingerprint density at radius 3 is 2.33 bits per heavy atom. The Morgan fingerprint density at radius 2 is 1.83 bits per heavy atom. The van der Waals surface area contributed by atoms with E-state index in [0.717, 1.165) is 17.9 Å². The third-order valence-corrected chi connectivity index (χ3v) is 3.48. The summed E-state index contributed by atoms with van der Waals surface area (Å²) in [7, 11) is 0. The van der Waals surface area contributed by atoms with Crippen molar-refractivity contribution >= 4 is 23.4 Å². The topological polar surface area (TPSA) is 29.1 Å². The lowest BCUT2D eigenvalue weighted by atomic mass is 9.87. The molecule has 18 heavy (non-hydrogen) atoms. The average Bonchev–Trinajstić information content (AvgIpc) is 2.29. The molecule has 0 aromatic heterocycles. The van der Waals surface area contributed by atoms with Gasteiger partial charge >= 0.3 is 0 Å². The van der Waals surface area contributed by atoms with Gasteiger partial charge in [0.25, 0.3) is 0 Å². The first-order valence-electron chi connectivity index (χ1n) is 6.33. The van der Waals surface area contributed by atoms with Crippen molar-refractivity contribution in [2.24, 2.45) is 0 Å². The maximum Gasteiger partial charge on any atom is 0.224 e. The minimum atomic E-state index is 0.104. The molecule has 1 N–H and O–H groups in total. The minimum absolute atomic E-state index is 0.104. The molecule has 0 radical (unpaired) electrons. The second-order valence-corrected chi connectivity index (χ2v) is 6.46. The highest BCUT2D eigenvalue weighted by Crippen LogP contribution is 2.23. The van der Waals surface area contributed by atoms with E-state index in [1.54, 1.807) is 11.8 Å². The van der Waals surface area contributed by atoms with Crippen LogP contribution in [0.15, 0.2) is 24.3 Å². The highest BCUT2D eigenvalue weighted by atomic mass is 32.2. The molecule has 0 atom stereocenters. The summed E-state index contributed by atoms with van der Waals surface area (Å²) in [5, 5.41) is 2.93. The molecule has 3 heteroatoms. The van der Waals surface area contributed by atoms with E-state index in [-0.39, 0.29) is 11.3 Å². The predicted molar refractivity (Wildman–Crippen MR) is 81.4 cm³/mol. The summed E-state index contributed by atoms with van der Waals surface area (Å²) in [6.07, 6.45) is 3.60. The summed E-state index contributed by atoms with van der Waals surface area (Å²) in [5.74, 6) is 1.14. The van der Waals surface area contributed by atoms with Crippen LogP contribution in [0.2, 0.25) is 0 Å². The molecule has 0 bridgehead atoms. The van der Waals surface area contributed by atoms with E-state index in [2.05, 4.69) is 44.5 Å². The fourth-order valence-corrected chi connectivity index (χ4v) is 2.09. The van der Waals surface area contributed by atoms with Gasteiger partial charge in [-0.2, -0.15) is 11.8 Å². The van der Waals surface area contributed by atoms with Crippen LogP contribution >= 0.6 is 11.8 Å². The van der Waals surface area contributed by atoms with Gasteiger partial charge in [0.2, 0.25) is 5.91 Å². The molecule has 0 aliphatic rings. The average molecular weight is 265 g/mol. The van der Waals surface area contributed by atoms with Gasteiger partial charge in [0, 0.05) is 12.1 Å². The first kappa shape index (κ1) is 15.1. The van der Waals surface area contributed by atoms with E-state index in [1.165, 1.54) is 5.56 Å². The van der Waals surface area contributed by atoms with Crippen molar-refractivity contribution in [3.63, 3.8) is 0 Å². The van der Waals surface area contributed by atoms with Crippen molar-refractivity contribution in [2.45, 2.75) is 39.0 Å². The van der Waals surface area contributed by atoms with Gasteiger partial charge in [-0.3, -0.25) is 4.79 Å². The van der Waals surface area contributed by atoms with Crippen LogP contribution in [0.4, 0.5) is 5.69 Å². The molecule has 0 unspecified atom stereocenters. The standard InChI is InChI=1S/C15H23NOS/c1-15(2,3)12-7-9-13(10-8-12)16-14(17)6-5-11-18-4/h7-10H,5-6,11H2,1-4H3,(H,16,17). The van der Waals surface area contributed by atoms with E-state index in [1.807, 2.05) is 12.1 Å². The van der Waals surface area contributed by atoms with Crippen LogP contribution in [0.25, 0.3) is 0 Å². The Labute approximate surface area is 115 Å². The van der Waals surface area contributed by atoms with Crippen LogP contribution < -0.4 is 5.32 Å². The number of hydrogen-bond donors (Lipinski definition) is 1. The van der Waals surface area contributed by atoms with Crippen LogP contribution in [0.1, 0.15) is 39.2 Å². The van der Waals surface area contributed by atoms with Gasteiger partial charge in [-0.25, -0.2) is 0 Å². The van der Waals surface area contributed by atoms with E-state index in [0.29, 0.717) is 6.42 Å². The lowest BCUT2D eigenvalue weighted by Gasteiger charge is -2.19. The fourth-order valence-electron chi connectivity index (χ4n) is 1.65. The first-order valence-corrected chi connectivity index (χ1v) is 7.72. The van der Waals surface area contributed by atoms with E-state index in [9.17, 15) is 4.79 Å². The molecule has 0 fully saturated rings. The third kappa shape index (κ3) is 5.13. The van der Waals surface area contributed by atoms with Crippen LogP contribution in [0.3, 0.4) is 0 Å². The minimum Gasteiger partial charge on any atom is -0.326 e. The molecule has 100 valence electrons. The number of thioether (sulfide) groups is 1. The summed E-state index contributed by atoms with van der Waals surface area (Å²) >= 11 is 1.77. The molecule has 0 aliphatic carbocycles. The van der Waals surface area contributed by atoms with Gasteiger partial charge in [-0.1, -0.05) is 32.9 Å². The lowest BCUT2D eigenvalue weighted by molar-refractivity contribution is -0.116. The molecule has 1 amide bonds. The summed E-state index contributed by atoms with van der Waals surface area (Å²) < 4.78 is 0. The van der Waals surface area contributed by atoms with Crippen molar-refractivity contribution in [3.8, 4) is 0 Å². The van der Waals surface area contributed by atoms with Gasteiger partial charge in [0.1, 0.15) is 0 Å². The van der Waals surface area contributed by atoms with Gasteiger partial charge in [-0.05, 0) is 41.5 Å². The Balaban J connectivity index is 2.51. The van der Waals surface area contributed by atoms with Crippen molar-refractivity contribution in [1.29, 1.82) is 0 Å².